The van der Waals surface area contributed by atoms with Crippen molar-refractivity contribution in [3.63, 3.8) is 0 Å². The van der Waals surface area contributed by atoms with Crippen LogP contribution in [0.1, 0.15) is 0 Å². The number of nitrogens with one attached hydrogen (secondary N) is 1. The van der Waals surface area contributed by atoms with Crippen LogP contribution >= 0.6 is 0 Å². The molecule has 0 aliphatic heterocycles. The van der Waals surface area contributed by atoms with E-state index in [1.54, 1.807) is 18.3 Å². The van der Waals surface area contributed by atoms with Crippen molar-refractivity contribution < 1.29 is 21.6 Å². The van der Waals surface area contributed by atoms with Crippen LogP contribution in [-0.4, -0.2) is 40.7 Å². The first-order valence-corrected chi connectivity index (χ1v) is 8.26. The van der Waals surface area contributed by atoms with Gasteiger partial charge in [0.2, 0.25) is 16.0 Å². The SMILES string of the molecule is Nc1nc2ccc(-c3cncc(S(=O)(=O)NCC(F)(F)F)c3)cn2n1. The normalized spacial score (nSPS) is 12.6. The lowest BCUT2D eigenvalue weighted by atomic mass is 10.1. The molecule has 3 rings (SSSR count). The zero-order valence-electron chi connectivity index (χ0n) is 12.4. The van der Waals surface area contributed by atoms with E-state index in [2.05, 4.69) is 15.1 Å². The quantitative estimate of drug-likeness (QED) is 0.711. The Labute approximate surface area is 139 Å². The van der Waals surface area contributed by atoms with Gasteiger partial charge < -0.3 is 5.73 Å². The van der Waals surface area contributed by atoms with Gasteiger partial charge in [0.15, 0.2) is 5.65 Å². The van der Waals surface area contributed by atoms with Gasteiger partial charge in [0.05, 0.1) is 0 Å². The summed E-state index contributed by atoms with van der Waals surface area (Å²) in [6, 6.07) is 4.47. The van der Waals surface area contributed by atoms with E-state index in [1.807, 2.05) is 0 Å². The van der Waals surface area contributed by atoms with Crippen LogP contribution in [0.3, 0.4) is 0 Å². The third-order valence-electron chi connectivity index (χ3n) is 3.17. The Morgan fingerprint density at radius 2 is 1.96 bits per heavy atom. The summed E-state index contributed by atoms with van der Waals surface area (Å²) in [4.78, 5) is 7.36. The van der Waals surface area contributed by atoms with Gasteiger partial charge in [0.1, 0.15) is 11.4 Å². The third-order valence-corrected chi connectivity index (χ3v) is 4.54. The Hall–Kier alpha value is -2.73. The van der Waals surface area contributed by atoms with Crippen LogP contribution < -0.4 is 10.5 Å². The van der Waals surface area contributed by atoms with Crippen molar-refractivity contribution in [2.24, 2.45) is 0 Å². The van der Waals surface area contributed by atoms with Crippen molar-refractivity contribution in [3.8, 4) is 11.1 Å². The number of halogens is 3. The maximum Gasteiger partial charge on any atom is 0.402 e. The van der Waals surface area contributed by atoms with Gasteiger partial charge in [-0.2, -0.15) is 18.2 Å². The summed E-state index contributed by atoms with van der Waals surface area (Å²) in [7, 11) is -4.35. The minimum atomic E-state index is -4.66. The highest BCUT2D eigenvalue weighted by atomic mass is 32.2. The monoisotopic (exact) mass is 372 g/mol. The molecule has 3 heterocycles. The highest BCUT2D eigenvalue weighted by Gasteiger charge is 2.30. The van der Waals surface area contributed by atoms with E-state index in [-0.39, 0.29) is 10.8 Å². The molecule has 25 heavy (non-hydrogen) atoms. The zero-order valence-corrected chi connectivity index (χ0v) is 13.2. The fourth-order valence-corrected chi connectivity index (χ4v) is 3.06. The number of nitrogen functional groups attached to an aromatic ring is 1. The van der Waals surface area contributed by atoms with Gasteiger partial charge in [-0.3, -0.25) is 4.98 Å². The van der Waals surface area contributed by atoms with Crippen molar-refractivity contribution in [1.82, 2.24) is 24.3 Å². The lowest BCUT2D eigenvalue weighted by Crippen LogP contribution is -2.33. The summed E-state index contributed by atoms with van der Waals surface area (Å²) in [5.74, 6) is 0.0722. The number of sulfonamides is 1. The average Bonchev–Trinajstić information content (AvgIpc) is 2.92. The van der Waals surface area contributed by atoms with E-state index in [9.17, 15) is 21.6 Å². The first kappa shape index (κ1) is 17.1. The standard InChI is InChI=1S/C13H11F3N6O2S/c14-13(15,16)7-19-25(23,24)10-3-9(4-18-5-10)8-1-2-11-20-12(17)21-22(11)6-8/h1-6,19H,7H2,(H2,17,21). The molecule has 3 aromatic heterocycles. The van der Waals surface area contributed by atoms with Gasteiger partial charge >= 0.3 is 6.18 Å². The fraction of sp³-hybridized carbons (Fsp3) is 0.154. The lowest BCUT2D eigenvalue weighted by Gasteiger charge is -2.10. The van der Waals surface area contributed by atoms with E-state index in [0.717, 1.165) is 6.20 Å². The van der Waals surface area contributed by atoms with Gasteiger partial charge in [0.25, 0.3) is 0 Å². The van der Waals surface area contributed by atoms with Crippen LogP contribution in [0.2, 0.25) is 0 Å². The highest BCUT2D eigenvalue weighted by Crippen LogP contribution is 2.22. The molecule has 12 heteroatoms. The molecule has 0 saturated carbocycles. The topological polar surface area (TPSA) is 115 Å². The van der Waals surface area contributed by atoms with Crippen LogP contribution in [0.5, 0.6) is 0 Å². The molecular weight excluding hydrogens is 361 g/mol. The maximum atomic E-state index is 12.2. The number of fused-ring (bicyclic) bond motifs is 1. The predicted octanol–water partition coefficient (Wildman–Crippen LogP) is 1.21. The molecule has 0 aliphatic carbocycles. The van der Waals surface area contributed by atoms with E-state index in [1.165, 1.54) is 21.5 Å². The second-order valence-electron chi connectivity index (χ2n) is 5.04. The van der Waals surface area contributed by atoms with Gasteiger partial charge in [-0.1, -0.05) is 0 Å². The Balaban J connectivity index is 1.94. The Morgan fingerprint density at radius 3 is 2.68 bits per heavy atom. The number of rotatable bonds is 4. The molecule has 0 spiro atoms. The molecule has 0 radical (unpaired) electrons. The molecule has 8 nitrogen and oxygen atoms in total. The number of aromatic nitrogens is 4. The van der Waals surface area contributed by atoms with Crippen molar-refractivity contribution in [3.05, 3.63) is 36.8 Å². The first-order valence-electron chi connectivity index (χ1n) is 6.78. The number of anilines is 1. The number of nitrogens with zero attached hydrogens (tertiary/aromatic N) is 4. The molecule has 0 unspecified atom stereocenters. The van der Waals surface area contributed by atoms with Crippen molar-refractivity contribution >= 4 is 21.6 Å². The van der Waals surface area contributed by atoms with Crippen LogP contribution in [-0.2, 0) is 10.0 Å². The third kappa shape index (κ3) is 3.85. The van der Waals surface area contributed by atoms with Crippen LogP contribution in [0.25, 0.3) is 16.8 Å². The van der Waals surface area contributed by atoms with Gasteiger partial charge in [0, 0.05) is 29.7 Å². The molecule has 0 aromatic carbocycles. The van der Waals surface area contributed by atoms with Crippen LogP contribution in [0, 0.1) is 0 Å². The average molecular weight is 372 g/mol. The second-order valence-corrected chi connectivity index (χ2v) is 6.81. The molecule has 0 saturated heterocycles. The summed E-state index contributed by atoms with van der Waals surface area (Å²) in [6.07, 6.45) is -0.760. The van der Waals surface area contributed by atoms with Crippen molar-refractivity contribution in [1.29, 1.82) is 0 Å². The summed E-state index contributed by atoms with van der Waals surface area (Å²) in [5.41, 5.74) is 6.90. The van der Waals surface area contributed by atoms with Gasteiger partial charge in [-0.05, 0) is 18.2 Å². The zero-order chi connectivity index (χ0) is 18.2. The van der Waals surface area contributed by atoms with E-state index in [0.29, 0.717) is 16.8 Å². The molecular formula is C13H11F3N6O2S. The molecule has 0 aliphatic rings. The Morgan fingerprint density at radius 1 is 1.20 bits per heavy atom. The van der Waals surface area contributed by atoms with Gasteiger partial charge in [-0.15, -0.1) is 5.10 Å². The van der Waals surface area contributed by atoms with Crippen LogP contribution in [0.15, 0.2) is 41.7 Å². The molecule has 3 aromatic rings. The molecule has 3 N–H and O–H groups in total. The number of hydrogen-bond donors (Lipinski definition) is 2. The minimum absolute atomic E-state index is 0.0722. The fourth-order valence-electron chi connectivity index (χ4n) is 2.05. The summed E-state index contributed by atoms with van der Waals surface area (Å²) in [6.45, 7) is -1.66. The Kier molecular flexibility index (Phi) is 4.08. The second kappa shape index (κ2) is 5.97. The summed E-state index contributed by atoms with van der Waals surface area (Å²) < 4.78 is 63.5. The Bertz CT molecular complexity index is 1030. The van der Waals surface area contributed by atoms with Crippen LogP contribution in [0.4, 0.5) is 19.1 Å². The molecule has 0 atom stereocenters. The lowest BCUT2D eigenvalue weighted by molar-refractivity contribution is -0.121. The number of nitrogens with two attached hydrogens (primary N) is 1. The van der Waals surface area contributed by atoms with E-state index >= 15 is 0 Å². The van der Waals surface area contributed by atoms with Crippen molar-refractivity contribution in [2.45, 2.75) is 11.1 Å². The van der Waals surface area contributed by atoms with E-state index < -0.39 is 22.7 Å². The number of pyridine rings is 2. The summed E-state index contributed by atoms with van der Waals surface area (Å²) in [5, 5.41) is 3.93. The molecule has 0 bridgehead atoms. The minimum Gasteiger partial charge on any atom is -0.366 e. The van der Waals surface area contributed by atoms with E-state index in [4.69, 9.17) is 5.73 Å². The number of alkyl halides is 3. The van der Waals surface area contributed by atoms with Crippen molar-refractivity contribution in [2.75, 3.05) is 12.3 Å². The maximum absolute atomic E-state index is 12.2. The smallest absolute Gasteiger partial charge is 0.366 e. The highest BCUT2D eigenvalue weighted by molar-refractivity contribution is 7.89. The number of hydrogen-bond acceptors (Lipinski definition) is 6. The largest absolute Gasteiger partial charge is 0.402 e. The molecule has 0 amide bonds. The van der Waals surface area contributed by atoms with Gasteiger partial charge in [-0.25, -0.2) is 17.7 Å². The predicted molar refractivity (Wildman–Crippen MR) is 81.9 cm³/mol. The summed E-state index contributed by atoms with van der Waals surface area (Å²) >= 11 is 0. The molecule has 0 fully saturated rings. The molecule has 132 valence electrons. The first-order chi connectivity index (χ1) is 11.6.